The number of hydrogen-bond acceptors (Lipinski definition) is 1. The second-order valence-electron chi connectivity index (χ2n) is 10.9. The quantitative estimate of drug-likeness (QED) is 0.199. The summed E-state index contributed by atoms with van der Waals surface area (Å²) in [7, 11) is 0. The Hall–Kier alpha value is -5.66. The van der Waals surface area contributed by atoms with E-state index in [2.05, 4.69) is 72.8 Å². The lowest BCUT2D eigenvalue weighted by Gasteiger charge is -2.19. The molecule has 0 radical (unpaired) electrons. The van der Waals surface area contributed by atoms with Crippen LogP contribution in [-0.2, 0) is 0 Å². The highest BCUT2D eigenvalue weighted by Gasteiger charge is 2.19. The predicted octanol–water partition coefficient (Wildman–Crippen LogP) is 12.0. The van der Waals surface area contributed by atoms with Crippen molar-refractivity contribution in [2.24, 2.45) is 0 Å². The molecule has 0 atom stereocenters. The van der Waals surface area contributed by atoms with E-state index in [9.17, 15) is 0 Å². The Kier molecular flexibility index (Phi) is 4.27. The van der Waals surface area contributed by atoms with Gasteiger partial charge in [0.2, 0.25) is 0 Å². The van der Waals surface area contributed by atoms with Gasteiger partial charge < -0.3 is 4.42 Å². The Morgan fingerprint density at radius 2 is 0.953 bits per heavy atom. The molecule has 200 valence electrons. The summed E-state index contributed by atoms with van der Waals surface area (Å²) in [5.41, 5.74) is 6.40. The van der Waals surface area contributed by atoms with Gasteiger partial charge in [-0.15, -0.1) is 0 Å². The monoisotopic (exact) mass is 551 g/mol. The van der Waals surface area contributed by atoms with Crippen LogP contribution in [0.3, 0.4) is 0 Å². The van der Waals surface area contributed by atoms with Crippen molar-refractivity contribution in [3.05, 3.63) is 158 Å². The largest absolute Gasteiger partial charge is 0.456 e. The molecule has 1 heterocycles. The van der Waals surface area contributed by atoms with Crippen LogP contribution < -0.4 is 0 Å². The maximum Gasteiger partial charge on any atom is 0.136 e. The molecule has 1 nitrogen and oxygen atoms in total. The summed E-state index contributed by atoms with van der Waals surface area (Å²) in [4.78, 5) is 0. The van der Waals surface area contributed by atoms with Crippen LogP contribution in [0.1, 0.15) is 6.85 Å². The third-order valence-electron chi connectivity index (χ3n) is 8.52. The van der Waals surface area contributed by atoms with Crippen LogP contribution in [0.5, 0.6) is 0 Å². The van der Waals surface area contributed by atoms with Gasteiger partial charge in [-0.1, -0.05) is 133 Å². The van der Waals surface area contributed by atoms with Gasteiger partial charge in [-0.05, 0) is 90.0 Å². The second-order valence-corrected chi connectivity index (χ2v) is 10.9. The minimum atomic E-state index is -0.401. The van der Waals surface area contributed by atoms with Crippen molar-refractivity contribution in [2.75, 3.05) is 0 Å². The van der Waals surface area contributed by atoms with Gasteiger partial charge in [-0.3, -0.25) is 0 Å². The highest BCUT2D eigenvalue weighted by atomic mass is 16.3. The summed E-state index contributed by atoms with van der Waals surface area (Å²) in [6.45, 7) is 0. The fraction of sp³-hybridized carbons (Fsp3) is 0. The molecule has 0 spiro atoms. The van der Waals surface area contributed by atoms with E-state index < -0.39 is 6.04 Å². The molecule has 0 saturated heterocycles. The number of furan rings is 1. The molecule has 8 aromatic carbocycles. The first-order chi connectivity index (χ1) is 23.4. The average Bonchev–Trinajstić information content (AvgIpc) is 3.48. The van der Waals surface area contributed by atoms with Gasteiger partial charge >= 0.3 is 0 Å². The maximum absolute atomic E-state index is 8.78. The zero-order valence-electron chi connectivity index (χ0n) is 28.0. The third-order valence-corrected chi connectivity index (χ3v) is 8.52. The van der Waals surface area contributed by atoms with E-state index in [-0.39, 0.29) is 29.7 Å². The van der Waals surface area contributed by atoms with Crippen molar-refractivity contribution in [3.8, 4) is 33.4 Å². The van der Waals surface area contributed by atoms with Crippen molar-refractivity contribution >= 4 is 54.3 Å². The molecule has 0 fully saturated rings. The highest BCUT2D eigenvalue weighted by Crippen LogP contribution is 2.46. The lowest BCUT2D eigenvalue weighted by atomic mass is 9.83. The molecule has 0 saturated carbocycles. The first-order valence-electron chi connectivity index (χ1n) is 16.9. The molecule has 0 aliphatic heterocycles. The molecule has 0 aliphatic carbocycles. The minimum Gasteiger partial charge on any atom is -0.456 e. The Bertz CT molecular complexity index is 2710. The Morgan fingerprint density at radius 1 is 0.395 bits per heavy atom. The molecule has 1 aromatic heterocycles. The SMILES string of the molecule is [2H]c1c([2H])c([2H])c(-c2ccccc2-c2c3ccccc3c(-c3ccc4oc5cc6ccccc6cc5c4c3)c3ccccc23)c([2H])c1[2H]. The molecule has 43 heavy (non-hydrogen) atoms. The van der Waals surface area contributed by atoms with Crippen LogP contribution in [0.25, 0.3) is 87.6 Å². The standard InChI is InChI=1S/C42H26O/c1-2-12-27(13-3-1)31-16-6-7-17-32(31)42-35-20-10-8-18-33(35)41(34-19-9-11-21-36(34)42)30-22-23-39-37(25-30)38-24-28-14-4-5-15-29(28)26-40(38)43-39/h1-26H/i1D,2D,3D,12D,13D. The van der Waals surface area contributed by atoms with Gasteiger partial charge in [0.05, 0.1) is 6.85 Å². The summed E-state index contributed by atoms with van der Waals surface area (Å²) in [5, 5.41) is 8.56. The van der Waals surface area contributed by atoms with Crippen LogP contribution in [-0.4, -0.2) is 0 Å². The van der Waals surface area contributed by atoms with E-state index in [0.29, 0.717) is 5.56 Å². The molecule has 0 unspecified atom stereocenters. The zero-order chi connectivity index (χ0) is 32.7. The van der Waals surface area contributed by atoms with E-state index in [1.165, 1.54) is 0 Å². The predicted molar refractivity (Wildman–Crippen MR) is 183 cm³/mol. The van der Waals surface area contributed by atoms with Crippen molar-refractivity contribution in [2.45, 2.75) is 0 Å². The van der Waals surface area contributed by atoms with Gasteiger partial charge in [0.1, 0.15) is 11.2 Å². The van der Waals surface area contributed by atoms with Gasteiger partial charge in [-0.25, -0.2) is 0 Å². The summed E-state index contributed by atoms with van der Waals surface area (Å²) in [6, 6.07) is 41.8. The minimum absolute atomic E-state index is 0.193. The van der Waals surface area contributed by atoms with Crippen LogP contribution in [0.4, 0.5) is 0 Å². The Balaban J connectivity index is 1.36. The van der Waals surface area contributed by atoms with E-state index in [1.54, 1.807) is 0 Å². The lowest BCUT2D eigenvalue weighted by molar-refractivity contribution is 0.669. The maximum atomic E-state index is 8.78. The summed E-state index contributed by atoms with van der Waals surface area (Å²) in [6.07, 6.45) is 0. The zero-order valence-corrected chi connectivity index (χ0v) is 23.0. The lowest BCUT2D eigenvalue weighted by Crippen LogP contribution is -1.92. The first-order valence-corrected chi connectivity index (χ1v) is 14.4. The van der Waals surface area contributed by atoms with E-state index in [1.807, 2.05) is 54.6 Å². The fourth-order valence-electron chi connectivity index (χ4n) is 6.65. The molecule has 0 aliphatic rings. The average molecular weight is 552 g/mol. The van der Waals surface area contributed by atoms with Crippen molar-refractivity contribution < 1.29 is 11.3 Å². The number of rotatable bonds is 3. The molecular weight excluding hydrogens is 520 g/mol. The molecule has 0 N–H and O–H groups in total. The molecule has 0 bridgehead atoms. The number of fused-ring (bicyclic) bond motifs is 6. The van der Waals surface area contributed by atoms with Crippen LogP contribution >= 0.6 is 0 Å². The summed E-state index contributed by atoms with van der Waals surface area (Å²) >= 11 is 0. The Labute approximate surface area is 256 Å². The molecule has 9 rings (SSSR count). The summed E-state index contributed by atoms with van der Waals surface area (Å²) in [5.74, 6) is 0. The van der Waals surface area contributed by atoms with E-state index in [4.69, 9.17) is 11.3 Å². The van der Waals surface area contributed by atoms with Crippen molar-refractivity contribution in [1.29, 1.82) is 0 Å². The van der Waals surface area contributed by atoms with Crippen LogP contribution in [0, 0.1) is 0 Å². The third kappa shape index (κ3) is 3.72. The van der Waals surface area contributed by atoms with Gasteiger partial charge in [0, 0.05) is 10.8 Å². The van der Waals surface area contributed by atoms with Gasteiger partial charge in [-0.2, -0.15) is 0 Å². The van der Waals surface area contributed by atoms with Gasteiger partial charge in [0.25, 0.3) is 0 Å². The Morgan fingerprint density at radius 3 is 1.65 bits per heavy atom. The topological polar surface area (TPSA) is 13.1 Å². The van der Waals surface area contributed by atoms with E-state index >= 15 is 0 Å². The fourth-order valence-corrected chi connectivity index (χ4v) is 6.65. The molecular formula is C42H26O. The number of benzene rings is 8. The van der Waals surface area contributed by atoms with Crippen molar-refractivity contribution in [3.63, 3.8) is 0 Å². The summed E-state index contributed by atoms with van der Waals surface area (Å²) < 4.78 is 48.8. The molecule has 0 amide bonds. The molecule has 1 heteroatoms. The first kappa shape index (κ1) is 19.5. The van der Waals surface area contributed by atoms with Crippen LogP contribution in [0.2, 0.25) is 0 Å². The van der Waals surface area contributed by atoms with E-state index in [0.717, 1.165) is 76.5 Å². The molecule has 9 aromatic rings. The smallest absolute Gasteiger partial charge is 0.136 e. The van der Waals surface area contributed by atoms with Gasteiger partial charge in [0.15, 0.2) is 0 Å². The highest BCUT2D eigenvalue weighted by molar-refractivity contribution is 6.23. The van der Waals surface area contributed by atoms with Crippen LogP contribution in [0.15, 0.2) is 162 Å². The van der Waals surface area contributed by atoms with Crippen molar-refractivity contribution in [1.82, 2.24) is 0 Å². The number of hydrogen-bond donors (Lipinski definition) is 0. The normalized spacial score (nSPS) is 13.3. The second kappa shape index (κ2) is 9.44.